The Balaban J connectivity index is 1.43. The number of H-pyrrole nitrogens is 1. The van der Waals surface area contributed by atoms with Crippen molar-refractivity contribution < 1.29 is 9.59 Å². The summed E-state index contributed by atoms with van der Waals surface area (Å²) in [5.74, 6) is -0.405. The molecule has 2 N–H and O–H groups in total. The van der Waals surface area contributed by atoms with Crippen LogP contribution in [0, 0.1) is 12.8 Å². The first-order valence-electron chi connectivity index (χ1n) is 9.61. The van der Waals surface area contributed by atoms with Crippen LogP contribution in [0.25, 0.3) is 10.9 Å². The lowest BCUT2D eigenvalue weighted by Crippen LogP contribution is -2.32. The molecule has 7 heteroatoms. The van der Waals surface area contributed by atoms with Crippen molar-refractivity contribution in [3.8, 4) is 0 Å². The number of hydrogen-bond donors (Lipinski definition) is 2. The molecule has 1 fully saturated rings. The number of Topliss-reactive ketones (excluding diaryl/α,β-unsaturated/α-hetero) is 1. The number of aromatic amines is 1. The minimum absolute atomic E-state index is 0.423. The van der Waals surface area contributed by atoms with Gasteiger partial charge in [0.25, 0.3) is 11.7 Å². The molecule has 1 amide bonds. The summed E-state index contributed by atoms with van der Waals surface area (Å²) in [5, 5.41) is 5.86. The first kappa shape index (κ1) is 18.8. The van der Waals surface area contributed by atoms with Gasteiger partial charge < -0.3 is 4.98 Å². The minimum atomic E-state index is -0.652. The van der Waals surface area contributed by atoms with Crippen molar-refractivity contribution in [2.24, 2.45) is 5.92 Å². The summed E-state index contributed by atoms with van der Waals surface area (Å²) in [6.45, 7) is 7.05. The van der Waals surface area contributed by atoms with Gasteiger partial charge in [-0.15, -0.1) is 11.3 Å². The Labute approximate surface area is 168 Å². The molecule has 1 aliphatic heterocycles. The van der Waals surface area contributed by atoms with Crippen LogP contribution in [0.3, 0.4) is 0 Å². The third-order valence-corrected chi connectivity index (χ3v) is 6.17. The van der Waals surface area contributed by atoms with Crippen molar-refractivity contribution in [1.29, 1.82) is 0 Å². The summed E-state index contributed by atoms with van der Waals surface area (Å²) in [4.78, 5) is 35.3. The Morgan fingerprint density at radius 3 is 2.82 bits per heavy atom. The number of hydrogen-bond acceptors (Lipinski definition) is 5. The largest absolute Gasteiger partial charge is 0.358 e. The second-order valence-corrected chi connectivity index (χ2v) is 8.41. The van der Waals surface area contributed by atoms with E-state index in [1.54, 1.807) is 0 Å². The summed E-state index contributed by atoms with van der Waals surface area (Å²) >= 11 is 1.36. The highest BCUT2D eigenvalue weighted by molar-refractivity contribution is 7.14. The van der Waals surface area contributed by atoms with E-state index < -0.39 is 11.7 Å². The minimum Gasteiger partial charge on any atom is -0.358 e. The van der Waals surface area contributed by atoms with Gasteiger partial charge in [0.05, 0.1) is 11.3 Å². The lowest BCUT2D eigenvalue weighted by molar-refractivity contribution is -0.112. The van der Waals surface area contributed by atoms with Gasteiger partial charge in [0, 0.05) is 28.5 Å². The Bertz CT molecular complexity index is 1010. The van der Waals surface area contributed by atoms with E-state index in [1.807, 2.05) is 36.6 Å². The highest BCUT2D eigenvalue weighted by atomic mass is 32.1. The number of anilines is 1. The Kier molecular flexibility index (Phi) is 5.28. The molecule has 0 atom stereocenters. The summed E-state index contributed by atoms with van der Waals surface area (Å²) in [6, 6.07) is 7.50. The van der Waals surface area contributed by atoms with Gasteiger partial charge in [0.15, 0.2) is 5.13 Å². The van der Waals surface area contributed by atoms with Crippen LogP contribution in [0.1, 0.15) is 41.5 Å². The molecular weight excluding hydrogens is 372 g/mol. The Hall–Kier alpha value is -2.51. The molecule has 0 bridgehead atoms. The van der Waals surface area contributed by atoms with Gasteiger partial charge in [-0.3, -0.25) is 19.8 Å². The number of ketones is 1. The van der Waals surface area contributed by atoms with E-state index in [4.69, 9.17) is 0 Å². The molecule has 4 rings (SSSR count). The fraction of sp³-hybridized carbons (Fsp3) is 0.381. The van der Waals surface area contributed by atoms with E-state index in [1.165, 1.54) is 24.2 Å². The third kappa shape index (κ3) is 3.86. The predicted molar refractivity (Wildman–Crippen MR) is 112 cm³/mol. The van der Waals surface area contributed by atoms with Crippen molar-refractivity contribution in [1.82, 2.24) is 14.9 Å². The van der Waals surface area contributed by atoms with Crippen LogP contribution < -0.4 is 5.32 Å². The van der Waals surface area contributed by atoms with Crippen LogP contribution in [0.5, 0.6) is 0 Å². The second kappa shape index (κ2) is 7.85. The molecule has 28 heavy (non-hydrogen) atoms. The van der Waals surface area contributed by atoms with Gasteiger partial charge in [-0.05, 0) is 44.8 Å². The maximum Gasteiger partial charge on any atom is 0.298 e. The Morgan fingerprint density at radius 1 is 1.29 bits per heavy atom. The number of para-hydroxylation sites is 1. The van der Waals surface area contributed by atoms with Gasteiger partial charge in [-0.2, -0.15) is 0 Å². The topological polar surface area (TPSA) is 78.1 Å². The second-order valence-electron chi connectivity index (χ2n) is 7.56. The van der Waals surface area contributed by atoms with Crippen molar-refractivity contribution in [2.75, 3.05) is 18.4 Å². The molecule has 2 aromatic heterocycles. The zero-order chi connectivity index (χ0) is 19.7. The fourth-order valence-electron chi connectivity index (χ4n) is 3.72. The molecule has 6 nitrogen and oxygen atoms in total. The lowest BCUT2D eigenvalue weighted by atomic mass is 9.99. The number of carbonyl (C=O) groups excluding carboxylic acids is 2. The summed E-state index contributed by atoms with van der Waals surface area (Å²) in [7, 11) is 0. The van der Waals surface area contributed by atoms with Gasteiger partial charge in [0.1, 0.15) is 0 Å². The predicted octanol–water partition coefficient (Wildman–Crippen LogP) is 3.99. The number of rotatable bonds is 5. The molecule has 1 saturated heterocycles. The maximum absolute atomic E-state index is 12.7. The zero-order valence-electron chi connectivity index (χ0n) is 16.1. The molecule has 146 valence electrons. The van der Waals surface area contributed by atoms with E-state index in [0.29, 0.717) is 16.4 Å². The molecule has 0 spiro atoms. The number of carbonyl (C=O) groups is 2. The Morgan fingerprint density at radius 2 is 2.04 bits per heavy atom. The maximum atomic E-state index is 12.7. The van der Waals surface area contributed by atoms with Crippen LogP contribution >= 0.6 is 11.3 Å². The number of piperidine rings is 1. The number of thiazole rings is 1. The standard InChI is InChI=1S/C21H24N4O2S/c1-13-7-9-25(10-8-13)11-15-12-28-21(23-15)24-20(27)19(26)18-14(2)22-17-6-4-3-5-16(17)18/h3-6,12-13,22H,7-11H2,1-2H3,(H,23,24,27). The van der Waals surface area contributed by atoms with E-state index >= 15 is 0 Å². The molecule has 3 heterocycles. The lowest BCUT2D eigenvalue weighted by Gasteiger charge is -2.29. The number of likely N-dealkylation sites (tertiary alicyclic amines) is 1. The summed E-state index contributed by atoms with van der Waals surface area (Å²) in [5.41, 5.74) is 2.90. The van der Waals surface area contributed by atoms with Gasteiger partial charge in [0.2, 0.25) is 0 Å². The number of aryl methyl sites for hydroxylation is 1. The molecule has 0 radical (unpaired) electrons. The van der Waals surface area contributed by atoms with Gasteiger partial charge >= 0.3 is 0 Å². The highest BCUT2D eigenvalue weighted by Gasteiger charge is 2.24. The fourth-order valence-corrected chi connectivity index (χ4v) is 4.42. The van der Waals surface area contributed by atoms with Crippen LogP contribution in [-0.4, -0.2) is 39.6 Å². The average molecular weight is 397 g/mol. The highest BCUT2D eigenvalue weighted by Crippen LogP contribution is 2.24. The van der Waals surface area contributed by atoms with Gasteiger partial charge in [-0.1, -0.05) is 25.1 Å². The molecule has 0 unspecified atom stereocenters. The number of benzene rings is 1. The van der Waals surface area contributed by atoms with Crippen LogP contribution in [0.15, 0.2) is 29.6 Å². The van der Waals surface area contributed by atoms with Crippen LogP contribution in [0.4, 0.5) is 5.13 Å². The van der Waals surface area contributed by atoms with Gasteiger partial charge in [-0.25, -0.2) is 4.98 Å². The molecule has 1 aliphatic rings. The normalized spacial score (nSPS) is 15.8. The zero-order valence-corrected chi connectivity index (χ0v) is 16.9. The number of nitrogens with zero attached hydrogens (tertiary/aromatic N) is 2. The SMILES string of the molecule is Cc1[nH]c2ccccc2c1C(=O)C(=O)Nc1nc(CN2CCC(C)CC2)cs1. The van der Waals surface area contributed by atoms with Crippen molar-refractivity contribution >= 4 is 39.1 Å². The molecule has 3 aromatic rings. The van der Waals surface area contributed by atoms with Crippen LogP contribution in [-0.2, 0) is 11.3 Å². The van der Waals surface area contributed by atoms with E-state index in [9.17, 15) is 9.59 Å². The molecular formula is C21H24N4O2S. The number of aromatic nitrogens is 2. The number of amides is 1. The summed E-state index contributed by atoms with van der Waals surface area (Å²) in [6.07, 6.45) is 2.43. The number of nitrogens with one attached hydrogen (secondary N) is 2. The first-order chi connectivity index (χ1) is 13.5. The number of fused-ring (bicyclic) bond motifs is 1. The van der Waals surface area contributed by atoms with Crippen molar-refractivity contribution in [3.05, 3.63) is 46.6 Å². The summed E-state index contributed by atoms with van der Waals surface area (Å²) < 4.78 is 0. The monoisotopic (exact) mass is 396 g/mol. The van der Waals surface area contributed by atoms with Crippen molar-refractivity contribution in [2.45, 2.75) is 33.2 Å². The van der Waals surface area contributed by atoms with Crippen LogP contribution in [0.2, 0.25) is 0 Å². The molecule has 0 aliphatic carbocycles. The van der Waals surface area contributed by atoms with E-state index in [0.717, 1.165) is 42.1 Å². The quantitative estimate of drug-likeness (QED) is 0.505. The smallest absolute Gasteiger partial charge is 0.298 e. The first-order valence-corrected chi connectivity index (χ1v) is 10.5. The molecule has 1 aromatic carbocycles. The third-order valence-electron chi connectivity index (χ3n) is 5.36. The van der Waals surface area contributed by atoms with Crippen molar-refractivity contribution in [3.63, 3.8) is 0 Å². The van der Waals surface area contributed by atoms with E-state index in [2.05, 4.69) is 27.1 Å². The van der Waals surface area contributed by atoms with E-state index in [-0.39, 0.29) is 0 Å². The average Bonchev–Trinajstić information content (AvgIpc) is 3.25. The molecule has 0 saturated carbocycles.